The van der Waals surface area contributed by atoms with Gasteiger partial charge in [0.05, 0.1) is 13.1 Å². The van der Waals surface area contributed by atoms with Crippen molar-refractivity contribution in [3.8, 4) is 0 Å². The molecule has 0 aliphatic rings. The van der Waals surface area contributed by atoms with E-state index in [9.17, 15) is 16.8 Å². The summed E-state index contributed by atoms with van der Waals surface area (Å²) in [7, 11) is -1.71. The van der Waals surface area contributed by atoms with Crippen LogP contribution in [0, 0.1) is 0 Å². The van der Waals surface area contributed by atoms with E-state index in [1.165, 1.54) is 53.0 Å². The molecule has 1 aromatic carbocycles. The lowest BCUT2D eigenvalue weighted by Crippen LogP contribution is -2.34. The molecular formula is C19H27N7O4S2. The molecular weight excluding hydrogens is 454 g/mol. The van der Waals surface area contributed by atoms with Crippen LogP contribution in [0.1, 0.15) is 17.2 Å². The Morgan fingerprint density at radius 1 is 0.719 bits per heavy atom. The second-order valence-corrected chi connectivity index (χ2v) is 11.5. The van der Waals surface area contributed by atoms with Gasteiger partial charge in [0.25, 0.3) is 0 Å². The van der Waals surface area contributed by atoms with Gasteiger partial charge in [-0.3, -0.25) is 4.90 Å². The van der Waals surface area contributed by atoms with Gasteiger partial charge in [-0.25, -0.2) is 17.9 Å². The smallest absolute Gasteiger partial charge is 0.284 e. The molecule has 0 fully saturated rings. The third-order valence-electron chi connectivity index (χ3n) is 4.76. The third-order valence-corrected chi connectivity index (χ3v) is 8.26. The summed E-state index contributed by atoms with van der Waals surface area (Å²) in [6.07, 6.45) is 5.63. The molecule has 0 aliphatic heterocycles. The van der Waals surface area contributed by atoms with Crippen molar-refractivity contribution >= 4 is 20.4 Å². The maximum Gasteiger partial charge on any atom is 0.308 e. The van der Waals surface area contributed by atoms with Crippen molar-refractivity contribution in [3.05, 3.63) is 72.3 Å². The van der Waals surface area contributed by atoms with E-state index in [0.717, 1.165) is 22.1 Å². The Balaban J connectivity index is 1.96. The van der Waals surface area contributed by atoms with E-state index in [0.29, 0.717) is 18.2 Å². The molecule has 0 amide bonds. The maximum atomic E-state index is 12.7. The molecule has 0 aliphatic carbocycles. The van der Waals surface area contributed by atoms with E-state index in [2.05, 4.69) is 9.97 Å². The van der Waals surface area contributed by atoms with Crippen LogP contribution in [-0.2, 0) is 40.1 Å². The summed E-state index contributed by atoms with van der Waals surface area (Å²) in [5.41, 5.74) is 0.981. The van der Waals surface area contributed by atoms with Crippen LogP contribution in [0.2, 0.25) is 0 Å². The Morgan fingerprint density at radius 3 is 1.56 bits per heavy atom. The number of hydrogen-bond donors (Lipinski definition) is 0. The normalized spacial score (nSPS) is 12.8. The molecule has 13 heteroatoms. The van der Waals surface area contributed by atoms with Gasteiger partial charge >= 0.3 is 20.4 Å². The lowest BCUT2D eigenvalue weighted by Gasteiger charge is -2.24. The minimum atomic E-state index is -3.75. The standard InChI is InChI=1S/C19H27N7O4S2/c1-22(2)31(27,28)25-12-10-20-18(25)15-24(14-17-8-6-5-7-9-17)16-19-21-11-13-26(19)32(29,30)23(3)4/h5-13H,14-16H2,1-4H3. The molecule has 32 heavy (non-hydrogen) atoms. The fourth-order valence-corrected chi connectivity index (χ4v) is 4.91. The quantitative estimate of drug-likeness (QED) is 0.416. The van der Waals surface area contributed by atoms with Crippen molar-refractivity contribution in [3.63, 3.8) is 0 Å². The van der Waals surface area contributed by atoms with Gasteiger partial charge in [0.2, 0.25) is 0 Å². The average Bonchev–Trinajstić information content (AvgIpc) is 3.38. The fraction of sp³-hybridized carbons (Fsp3) is 0.368. The van der Waals surface area contributed by atoms with E-state index in [1.54, 1.807) is 0 Å². The van der Waals surface area contributed by atoms with Crippen LogP contribution < -0.4 is 0 Å². The van der Waals surface area contributed by atoms with Gasteiger partial charge in [0.15, 0.2) is 0 Å². The van der Waals surface area contributed by atoms with Crippen molar-refractivity contribution in [2.75, 3.05) is 28.2 Å². The molecule has 0 radical (unpaired) electrons. The van der Waals surface area contributed by atoms with E-state index in [1.807, 2.05) is 35.2 Å². The summed E-state index contributed by atoms with van der Waals surface area (Å²) in [6.45, 7) is 0.748. The summed E-state index contributed by atoms with van der Waals surface area (Å²) in [5.74, 6) is 0.617. The topological polar surface area (TPSA) is 114 Å². The lowest BCUT2D eigenvalue weighted by molar-refractivity contribution is 0.234. The van der Waals surface area contributed by atoms with Gasteiger partial charge < -0.3 is 0 Å². The molecule has 0 saturated heterocycles. The number of nitrogens with zero attached hydrogens (tertiary/aromatic N) is 7. The summed E-state index contributed by atoms with van der Waals surface area (Å²) < 4.78 is 55.1. The van der Waals surface area contributed by atoms with Gasteiger partial charge in [-0.2, -0.15) is 25.4 Å². The highest BCUT2D eigenvalue weighted by Gasteiger charge is 2.24. The highest BCUT2D eigenvalue weighted by atomic mass is 32.2. The molecule has 2 aromatic heterocycles. The van der Waals surface area contributed by atoms with Gasteiger partial charge in [0, 0.05) is 59.5 Å². The largest absolute Gasteiger partial charge is 0.308 e. The maximum absolute atomic E-state index is 12.7. The molecule has 0 saturated carbocycles. The molecule has 0 atom stereocenters. The lowest BCUT2D eigenvalue weighted by atomic mass is 10.2. The Labute approximate surface area is 188 Å². The zero-order chi connectivity index (χ0) is 23.5. The number of benzene rings is 1. The number of aromatic nitrogens is 4. The first-order chi connectivity index (χ1) is 15.0. The number of rotatable bonds is 10. The summed E-state index contributed by atoms with van der Waals surface area (Å²) in [4.78, 5) is 10.4. The minimum absolute atomic E-state index is 0.157. The fourth-order valence-electron chi connectivity index (χ4n) is 3.05. The minimum Gasteiger partial charge on any atom is -0.284 e. The van der Waals surface area contributed by atoms with Crippen LogP contribution in [0.25, 0.3) is 0 Å². The van der Waals surface area contributed by atoms with Crippen molar-refractivity contribution < 1.29 is 16.8 Å². The molecule has 0 N–H and O–H groups in total. The molecule has 0 unspecified atom stereocenters. The molecule has 0 bridgehead atoms. The second-order valence-electron chi connectivity index (χ2n) is 7.49. The third kappa shape index (κ3) is 5.07. The van der Waals surface area contributed by atoms with Crippen LogP contribution >= 0.6 is 0 Å². The van der Waals surface area contributed by atoms with Gasteiger partial charge in [-0.05, 0) is 5.56 Å². The van der Waals surface area contributed by atoms with Gasteiger partial charge in [0.1, 0.15) is 11.6 Å². The molecule has 11 nitrogen and oxygen atoms in total. The van der Waals surface area contributed by atoms with E-state index < -0.39 is 20.4 Å². The first-order valence-corrected chi connectivity index (χ1v) is 12.5. The van der Waals surface area contributed by atoms with Crippen LogP contribution in [0.5, 0.6) is 0 Å². The monoisotopic (exact) mass is 481 g/mol. The van der Waals surface area contributed by atoms with Crippen molar-refractivity contribution in [1.82, 2.24) is 31.4 Å². The van der Waals surface area contributed by atoms with Crippen LogP contribution in [0.3, 0.4) is 0 Å². The Kier molecular flexibility index (Phi) is 7.15. The van der Waals surface area contributed by atoms with E-state index in [4.69, 9.17) is 0 Å². The molecule has 3 rings (SSSR count). The summed E-state index contributed by atoms with van der Waals surface area (Å²) in [5, 5.41) is 0. The van der Waals surface area contributed by atoms with Crippen LogP contribution in [0.4, 0.5) is 0 Å². The Morgan fingerprint density at radius 2 is 1.16 bits per heavy atom. The zero-order valence-electron chi connectivity index (χ0n) is 18.4. The first-order valence-electron chi connectivity index (χ1n) is 9.70. The Hall–Kier alpha value is -2.58. The van der Waals surface area contributed by atoms with E-state index >= 15 is 0 Å². The summed E-state index contributed by atoms with van der Waals surface area (Å²) in [6, 6.07) is 9.60. The van der Waals surface area contributed by atoms with Gasteiger partial charge in [-0.15, -0.1) is 0 Å². The molecule has 2 heterocycles. The SMILES string of the molecule is CN(C)S(=O)(=O)n1ccnc1CN(Cc1ccccc1)Cc1nccn1S(=O)(=O)N(C)C. The molecule has 3 aromatic rings. The van der Waals surface area contributed by atoms with Gasteiger partial charge in [-0.1, -0.05) is 30.3 Å². The number of hydrogen-bond acceptors (Lipinski definition) is 7. The average molecular weight is 482 g/mol. The highest BCUT2D eigenvalue weighted by Crippen LogP contribution is 2.16. The molecule has 0 spiro atoms. The van der Waals surface area contributed by atoms with Crippen molar-refractivity contribution in [2.45, 2.75) is 19.6 Å². The molecule has 174 valence electrons. The van der Waals surface area contributed by atoms with E-state index in [-0.39, 0.29) is 13.1 Å². The van der Waals surface area contributed by atoms with Crippen molar-refractivity contribution in [1.29, 1.82) is 0 Å². The zero-order valence-corrected chi connectivity index (χ0v) is 20.0. The van der Waals surface area contributed by atoms with Crippen LogP contribution in [-0.4, -0.2) is 76.4 Å². The second kappa shape index (κ2) is 9.50. The predicted octanol–water partition coefficient (Wildman–Crippen LogP) is 0.591. The van der Waals surface area contributed by atoms with Crippen molar-refractivity contribution in [2.24, 2.45) is 0 Å². The predicted molar refractivity (Wildman–Crippen MR) is 120 cm³/mol. The first kappa shape index (κ1) is 24.1. The number of imidazole rings is 2. The summed E-state index contributed by atoms with van der Waals surface area (Å²) >= 11 is 0. The van der Waals surface area contributed by atoms with Crippen LogP contribution in [0.15, 0.2) is 55.1 Å². The highest BCUT2D eigenvalue weighted by molar-refractivity contribution is 7.87. The Bertz CT molecular complexity index is 1170.